The number of carbonyl (C=O) groups excluding carboxylic acids is 1. The van der Waals surface area contributed by atoms with Crippen LogP contribution in [0.15, 0.2) is 34.9 Å². The largest absolute Gasteiger partial charge is 0.348 e. The number of aromatic nitrogens is 2. The smallest absolute Gasteiger partial charge is 0.255 e. The Morgan fingerprint density at radius 3 is 2.70 bits per heavy atom. The molecular formula is C14H17BrN4O. The monoisotopic (exact) mass is 336 g/mol. The molecule has 0 aliphatic rings. The lowest BCUT2D eigenvalue weighted by Gasteiger charge is -2.11. The Morgan fingerprint density at radius 2 is 2.10 bits per heavy atom. The van der Waals surface area contributed by atoms with Gasteiger partial charge in [0, 0.05) is 17.1 Å². The Labute approximate surface area is 126 Å². The summed E-state index contributed by atoms with van der Waals surface area (Å²) in [5.74, 6) is -0.149. The van der Waals surface area contributed by atoms with Crippen molar-refractivity contribution >= 4 is 21.8 Å². The second kappa shape index (κ2) is 6.19. The molecule has 3 N–H and O–H groups in total. The van der Waals surface area contributed by atoms with E-state index >= 15 is 0 Å². The van der Waals surface area contributed by atoms with Gasteiger partial charge in [0.25, 0.3) is 5.91 Å². The second-order valence-corrected chi connectivity index (χ2v) is 5.56. The number of nitrogens with one attached hydrogen (secondary N) is 1. The van der Waals surface area contributed by atoms with Crippen molar-refractivity contribution in [1.82, 2.24) is 15.1 Å². The van der Waals surface area contributed by atoms with E-state index in [9.17, 15) is 4.79 Å². The van der Waals surface area contributed by atoms with E-state index in [-0.39, 0.29) is 11.9 Å². The molecule has 106 valence electrons. The molecule has 0 saturated heterocycles. The Balaban J connectivity index is 2.27. The van der Waals surface area contributed by atoms with Gasteiger partial charge >= 0.3 is 0 Å². The maximum Gasteiger partial charge on any atom is 0.255 e. The van der Waals surface area contributed by atoms with Crippen LogP contribution in [0.1, 0.15) is 23.0 Å². The molecule has 0 bridgehead atoms. The number of amides is 1. The number of rotatable bonds is 4. The fourth-order valence-electron chi connectivity index (χ4n) is 1.84. The van der Waals surface area contributed by atoms with Gasteiger partial charge in [0.15, 0.2) is 0 Å². The third-order valence-corrected chi connectivity index (χ3v) is 3.59. The fraction of sp³-hybridized carbons (Fsp3) is 0.286. The van der Waals surface area contributed by atoms with Crippen LogP contribution in [0.2, 0.25) is 0 Å². The van der Waals surface area contributed by atoms with E-state index in [1.165, 1.54) is 0 Å². The zero-order chi connectivity index (χ0) is 14.7. The molecule has 1 aromatic carbocycles. The third kappa shape index (κ3) is 3.08. The average molecular weight is 337 g/mol. The van der Waals surface area contributed by atoms with E-state index in [2.05, 4.69) is 26.3 Å². The SMILES string of the molecule is Cc1c(C(=O)N[C@@H](C)CN)cnn1-c1ccc(Br)cc1. The minimum Gasteiger partial charge on any atom is -0.348 e. The quantitative estimate of drug-likeness (QED) is 0.897. The number of hydrogen-bond donors (Lipinski definition) is 2. The van der Waals surface area contributed by atoms with E-state index in [1.54, 1.807) is 10.9 Å². The van der Waals surface area contributed by atoms with Gasteiger partial charge in [-0.05, 0) is 38.1 Å². The van der Waals surface area contributed by atoms with E-state index in [4.69, 9.17) is 5.73 Å². The van der Waals surface area contributed by atoms with Crippen LogP contribution in [0.4, 0.5) is 0 Å². The average Bonchev–Trinajstić information content (AvgIpc) is 2.81. The molecule has 0 aliphatic heterocycles. The lowest BCUT2D eigenvalue weighted by Crippen LogP contribution is -2.37. The van der Waals surface area contributed by atoms with E-state index in [0.29, 0.717) is 12.1 Å². The number of benzene rings is 1. The Hall–Kier alpha value is -1.66. The van der Waals surface area contributed by atoms with Crippen molar-refractivity contribution < 1.29 is 4.79 Å². The van der Waals surface area contributed by atoms with Crippen LogP contribution in [0.3, 0.4) is 0 Å². The summed E-state index contributed by atoms with van der Waals surface area (Å²) in [6.45, 7) is 4.15. The van der Waals surface area contributed by atoms with Gasteiger partial charge in [-0.2, -0.15) is 5.10 Å². The maximum absolute atomic E-state index is 12.1. The summed E-state index contributed by atoms with van der Waals surface area (Å²) in [6, 6.07) is 7.69. The predicted octanol–water partition coefficient (Wildman–Crippen LogP) is 2.02. The highest BCUT2D eigenvalue weighted by Gasteiger charge is 2.16. The van der Waals surface area contributed by atoms with Gasteiger partial charge in [0.1, 0.15) is 0 Å². The van der Waals surface area contributed by atoms with Gasteiger partial charge < -0.3 is 11.1 Å². The summed E-state index contributed by atoms with van der Waals surface area (Å²) >= 11 is 3.39. The van der Waals surface area contributed by atoms with Crippen LogP contribution in [0.5, 0.6) is 0 Å². The predicted molar refractivity (Wildman–Crippen MR) is 82.0 cm³/mol. The molecule has 20 heavy (non-hydrogen) atoms. The molecule has 5 nitrogen and oxygen atoms in total. The number of nitrogens with zero attached hydrogens (tertiary/aromatic N) is 2. The first-order chi connectivity index (χ1) is 9.52. The zero-order valence-corrected chi connectivity index (χ0v) is 13.0. The number of halogens is 1. The van der Waals surface area contributed by atoms with E-state index < -0.39 is 0 Å². The summed E-state index contributed by atoms with van der Waals surface area (Å²) in [7, 11) is 0. The van der Waals surface area contributed by atoms with Gasteiger partial charge in [0.05, 0.1) is 23.1 Å². The normalized spacial score (nSPS) is 12.2. The number of nitrogens with two attached hydrogens (primary N) is 1. The molecule has 2 aromatic rings. The lowest BCUT2D eigenvalue weighted by molar-refractivity contribution is 0.0940. The van der Waals surface area contributed by atoms with Gasteiger partial charge in [-0.15, -0.1) is 0 Å². The van der Waals surface area contributed by atoms with E-state index in [1.807, 2.05) is 38.1 Å². The van der Waals surface area contributed by atoms with Crippen LogP contribution in [-0.2, 0) is 0 Å². The summed E-state index contributed by atoms with van der Waals surface area (Å²) in [5.41, 5.74) is 7.78. The van der Waals surface area contributed by atoms with Gasteiger partial charge in [-0.25, -0.2) is 4.68 Å². The molecule has 0 unspecified atom stereocenters. The Morgan fingerprint density at radius 1 is 1.45 bits per heavy atom. The first-order valence-electron chi connectivity index (χ1n) is 6.34. The van der Waals surface area contributed by atoms with Crippen molar-refractivity contribution in [3.05, 3.63) is 46.2 Å². The molecule has 1 atom stereocenters. The molecule has 0 spiro atoms. The molecule has 0 radical (unpaired) electrons. The standard InChI is InChI=1S/C14H17BrN4O/c1-9(7-16)18-14(20)13-8-17-19(10(13)2)12-5-3-11(15)4-6-12/h3-6,8-9H,7,16H2,1-2H3,(H,18,20)/t9-/m0/s1. The third-order valence-electron chi connectivity index (χ3n) is 3.06. The molecular weight excluding hydrogens is 320 g/mol. The highest BCUT2D eigenvalue weighted by Crippen LogP contribution is 2.17. The minimum atomic E-state index is -0.149. The van der Waals surface area contributed by atoms with Crippen molar-refractivity contribution in [2.45, 2.75) is 19.9 Å². The number of carbonyl (C=O) groups is 1. The molecule has 0 fully saturated rings. The van der Waals surface area contributed by atoms with Crippen molar-refractivity contribution in [2.75, 3.05) is 6.54 Å². The molecule has 1 aromatic heterocycles. The summed E-state index contributed by atoms with van der Waals surface area (Å²) in [6.07, 6.45) is 1.58. The van der Waals surface area contributed by atoms with Crippen molar-refractivity contribution in [1.29, 1.82) is 0 Å². The Bertz CT molecular complexity index is 606. The van der Waals surface area contributed by atoms with Crippen LogP contribution in [0.25, 0.3) is 5.69 Å². The van der Waals surface area contributed by atoms with Gasteiger partial charge in [-0.3, -0.25) is 4.79 Å². The minimum absolute atomic E-state index is 0.0575. The van der Waals surface area contributed by atoms with Crippen molar-refractivity contribution in [2.24, 2.45) is 5.73 Å². The molecule has 6 heteroatoms. The highest BCUT2D eigenvalue weighted by atomic mass is 79.9. The van der Waals surface area contributed by atoms with Gasteiger partial charge in [0.2, 0.25) is 0 Å². The lowest BCUT2D eigenvalue weighted by atomic mass is 10.2. The highest BCUT2D eigenvalue weighted by molar-refractivity contribution is 9.10. The summed E-state index contributed by atoms with van der Waals surface area (Å²) in [5, 5.41) is 7.11. The van der Waals surface area contributed by atoms with E-state index in [0.717, 1.165) is 15.9 Å². The Kier molecular flexibility index (Phi) is 4.57. The fourth-order valence-corrected chi connectivity index (χ4v) is 2.10. The van der Waals surface area contributed by atoms with Crippen LogP contribution in [-0.4, -0.2) is 28.3 Å². The molecule has 2 rings (SSSR count). The zero-order valence-electron chi connectivity index (χ0n) is 11.4. The van der Waals surface area contributed by atoms with Crippen molar-refractivity contribution in [3.63, 3.8) is 0 Å². The van der Waals surface area contributed by atoms with Gasteiger partial charge in [-0.1, -0.05) is 15.9 Å². The summed E-state index contributed by atoms with van der Waals surface area (Å²) in [4.78, 5) is 12.1. The first kappa shape index (κ1) is 14.7. The molecule has 1 heterocycles. The van der Waals surface area contributed by atoms with Crippen LogP contribution >= 0.6 is 15.9 Å². The van der Waals surface area contributed by atoms with Crippen LogP contribution in [0, 0.1) is 6.92 Å². The topological polar surface area (TPSA) is 72.9 Å². The molecule has 0 saturated carbocycles. The maximum atomic E-state index is 12.1. The number of hydrogen-bond acceptors (Lipinski definition) is 3. The van der Waals surface area contributed by atoms with Crippen LogP contribution < -0.4 is 11.1 Å². The first-order valence-corrected chi connectivity index (χ1v) is 7.13. The second-order valence-electron chi connectivity index (χ2n) is 4.64. The summed E-state index contributed by atoms with van der Waals surface area (Å²) < 4.78 is 2.75. The van der Waals surface area contributed by atoms with Crippen molar-refractivity contribution in [3.8, 4) is 5.69 Å². The molecule has 1 amide bonds. The molecule has 0 aliphatic carbocycles.